The van der Waals surface area contributed by atoms with Crippen LogP contribution in [0.25, 0.3) is 0 Å². The Hall–Kier alpha value is -0.690. The Morgan fingerprint density at radius 1 is 1.29 bits per heavy atom. The molecule has 0 saturated carbocycles. The van der Waals surface area contributed by atoms with Gasteiger partial charge in [0.2, 0.25) is 0 Å². The maximum Gasteiger partial charge on any atom is 0.0494 e. The molecule has 0 heterocycles. The van der Waals surface area contributed by atoms with Gasteiger partial charge in [-0.3, -0.25) is 0 Å². The fourth-order valence-corrected chi connectivity index (χ4v) is 2.25. The van der Waals surface area contributed by atoms with Crippen molar-refractivity contribution in [3.05, 3.63) is 29.3 Å². The number of nitrogens with zero attached hydrogens (tertiary/aromatic N) is 1. The molecule has 1 unspecified atom stereocenters. The number of benzene rings is 1. The first-order chi connectivity index (χ1) is 8.12. The molecule has 0 aliphatic carbocycles. The van der Waals surface area contributed by atoms with E-state index in [2.05, 4.69) is 50.8 Å². The minimum Gasteiger partial charge on any atom is -0.371 e. The molecular weight excluding hydrogens is 230 g/mol. The Balaban J connectivity index is 2.94. The Bertz CT molecular complexity index is 349. The van der Waals surface area contributed by atoms with Gasteiger partial charge in [0, 0.05) is 24.7 Å². The van der Waals surface area contributed by atoms with Gasteiger partial charge in [0.15, 0.2) is 0 Å². The van der Waals surface area contributed by atoms with Crippen molar-refractivity contribution < 1.29 is 0 Å². The van der Waals surface area contributed by atoms with E-state index >= 15 is 0 Å². The molecule has 0 saturated heterocycles. The van der Waals surface area contributed by atoms with Crippen molar-refractivity contribution in [2.24, 2.45) is 5.92 Å². The summed E-state index contributed by atoms with van der Waals surface area (Å²) in [6.45, 7) is 11.0. The highest BCUT2D eigenvalue weighted by molar-refractivity contribution is 6.17. The van der Waals surface area contributed by atoms with Gasteiger partial charge in [-0.05, 0) is 31.4 Å². The number of hydrogen-bond acceptors (Lipinski definition) is 1. The largest absolute Gasteiger partial charge is 0.371 e. The SMILES string of the molecule is CCC(C)CN(CC)c1ccc(C)cc1CCl. The number of anilines is 1. The van der Waals surface area contributed by atoms with Crippen LogP contribution in [0.3, 0.4) is 0 Å². The summed E-state index contributed by atoms with van der Waals surface area (Å²) in [4.78, 5) is 2.44. The molecule has 0 fully saturated rings. The van der Waals surface area contributed by atoms with Crippen LogP contribution < -0.4 is 4.90 Å². The lowest BCUT2D eigenvalue weighted by Gasteiger charge is -2.28. The first-order valence-corrected chi connectivity index (χ1v) is 7.06. The fraction of sp³-hybridized carbons (Fsp3) is 0.600. The van der Waals surface area contributed by atoms with Crippen LogP contribution in [0.4, 0.5) is 5.69 Å². The normalized spacial score (nSPS) is 12.5. The average molecular weight is 254 g/mol. The van der Waals surface area contributed by atoms with Gasteiger partial charge in [-0.15, -0.1) is 11.6 Å². The van der Waals surface area contributed by atoms with Crippen LogP contribution in [0.1, 0.15) is 38.3 Å². The first kappa shape index (κ1) is 14.4. The summed E-state index contributed by atoms with van der Waals surface area (Å²) in [7, 11) is 0. The van der Waals surface area contributed by atoms with Crippen LogP contribution >= 0.6 is 11.6 Å². The van der Waals surface area contributed by atoms with E-state index < -0.39 is 0 Å². The van der Waals surface area contributed by atoms with Gasteiger partial charge in [0.05, 0.1) is 0 Å². The second-order valence-electron chi connectivity index (χ2n) is 4.82. The predicted octanol–water partition coefficient (Wildman–Crippen LogP) is 4.61. The molecule has 1 rings (SSSR count). The highest BCUT2D eigenvalue weighted by atomic mass is 35.5. The minimum absolute atomic E-state index is 0.591. The van der Waals surface area contributed by atoms with Crippen molar-refractivity contribution in [2.75, 3.05) is 18.0 Å². The molecule has 1 nitrogen and oxygen atoms in total. The van der Waals surface area contributed by atoms with Gasteiger partial charge < -0.3 is 4.90 Å². The fourth-order valence-electron chi connectivity index (χ4n) is 2.03. The van der Waals surface area contributed by atoms with E-state index in [-0.39, 0.29) is 0 Å². The third-order valence-corrected chi connectivity index (χ3v) is 3.62. The van der Waals surface area contributed by atoms with Crippen molar-refractivity contribution >= 4 is 17.3 Å². The molecule has 0 spiro atoms. The van der Waals surface area contributed by atoms with Crippen molar-refractivity contribution in [3.8, 4) is 0 Å². The summed E-state index contributed by atoms with van der Waals surface area (Å²) in [6, 6.07) is 6.57. The van der Waals surface area contributed by atoms with E-state index in [0.717, 1.165) is 19.0 Å². The second-order valence-corrected chi connectivity index (χ2v) is 5.09. The zero-order valence-electron chi connectivity index (χ0n) is 11.5. The van der Waals surface area contributed by atoms with Crippen LogP contribution in [0.5, 0.6) is 0 Å². The van der Waals surface area contributed by atoms with Crippen molar-refractivity contribution in [2.45, 2.75) is 40.0 Å². The molecule has 0 aliphatic rings. The summed E-state index contributed by atoms with van der Waals surface area (Å²) < 4.78 is 0. The van der Waals surface area contributed by atoms with Gasteiger partial charge in [0.25, 0.3) is 0 Å². The monoisotopic (exact) mass is 253 g/mol. The van der Waals surface area contributed by atoms with Crippen molar-refractivity contribution in [1.29, 1.82) is 0 Å². The predicted molar refractivity (Wildman–Crippen MR) is 78.1 cm³/mol. The number of aryl methyl sites for hydroxylation is 1. The summed E-state index contributed by atoms with van der Waals surface area (Å²) in [5, 5.41) is 0. The lowest BCUT2D eigenvalue weighted by Crippen LogP contribution is -2.28. The molecular formula is C15H24ClN. The Morgan fingerprint density at radius 3 is 2.53 bits per heavy atom. The van der Waals surface area contributed by atoms with Crippen molar-refractivity contribution in [3.63, 3.8) is 0 Å². The third-order valence-electron chi connectivity index (χ3n) is 3.33. The first-order valence-electron chi connectivity index (χ1n) is 6.52. The Kier molecular flexibility index (Phi) is 5.84. The topological polar surface area (TPSA) is 3.24 Å². The van der Waals surface area contributed by atoms with Gasteiger partial charge in [-0.2, -0.15) is 0 Å². The van der Waals surface area contributed by atoms with Gasteiger partial charge >= 0.3 is 0 Å². The number of rotatable bonds is 6. The lowest BCUT2D eigenvalue weighted by molar-refractivity contribution is 0.547. The molecule has 1 atom stereocenters. The molecule has 1 aromatic carbocycles. The van der Waals surface area contributed by atoms with E-state index in [9.17, 15) is 0 Å². The number of halogens is 1. The second kappa shape index (κ2) is 6.90. The zero-order valence-corrected chi connectivity index (χ0v) is 12.2. The zero-order chi connectivity index (χ0) is 12.8. The molecule has 0 bridgehead atoms. The molecule has 96 valence electrons. The van der Waals surface area contributed by atoms with E-state index in [1.165, 1.54) is 23.2 Å². The Morgan fingerprint density at radius 2 is 2.00 bits per heavy atom. The van der Waals surface area contributed by atoms with E-state index in [4.69, 9.17) is 11.6 Å². The summed E-state index contributed by atoms with van der Waals surface area (Å²) in [5.41, 5.74) is 3.83. The van der Waals surface area contributed by atoms with Crippen molar-refractivity contribution in [1.82, 2.24) is 0 Å². The highest BCUT2D eigenvalue weighted by Gasteiger charge is 2.11. The molecule has 1 aromatic rings. The summed E-state index contributed by atoms with van der Waals surface area (Å²) >= 11 is 6.05. The third kappa shape index (κ3) is 3.92. The molecule has 0 amide bonds. The van der Waals surface area contributed by atoms with Crippen LogP contribution in [0, 0.1) is 12.8 Å². The molecule has 0 radical (unpaired) electrons. The van der Waals surface area contributed by atoms with Crippen LogP contribution in [-0.4, -0.2) is 13.1 Å². The van der Waals surface area contributed by atoms with Gasteiger partial charge in [-0.25, -0.2) is 0 Å². The molecule has 0 aliphatic heterocycles. The standard InChI is InChI=1S/C15H24ClN/c1-5-12(3)11-17(6-2)15-8-7-13(4)9-14(15)10-16/h7-9,12H,5-6,10-11H2,1-4H3. The molecule has 17 heavy (non-hydrogen) atoms. The minimum atomic E-state index is 0.591. The summed E-state index contributed by atoms with van der Waals surface area (Å²) in [5.74, 6) is 1.31. The molecule has 0 N–H and O–H groups in total. The van der Waals surface area contributed by atoms with Gasteiger partial charge in [0.1, 0.15) is 0 Å². The molecule has 2 heteroatoms. The average Bonchev–Trinajstić information content (AvgIpc) is 2.35. The Labute approximate surface area is 111 Å². The number of hydrogen-bond donors (Lipinski definition) is 0. The number of alkyl halides is 1. The van der Waals surface area contributed by atoms with Crippen LogP contribution in [0.15, 0.2) is 18.2 Å². The lowest BCUT2D eigenvalue weighted by atomic mass is 10.1. The highest BCUT2D eigenvalue weighted by Crippen LogP contribution is 2.24. The maximum absolute atomic E-state index is 6.05. The van der Waals surface area contributed by atoms with Crippen LogP contribution in [-0.2, 0) is 5.88 Å². The summed E-state index contributed by atoms with van der Waals surface area (Å²) in [6.07, 6.45) is 1.22. The van der Waals surface area contributed by atoms with Gasteiger partial charge in [-0.1, -0.05) is 38.0 Å². The van der Waals surface area contributed by atoms with Crippen LogP contribution in [0.2, 0.25) is 0 Å². The quantitative estimate of drug-likeness (QED) is 0.670. The van der Waals surface area contributed by atoms with E-state index in [1.807, 2.05) is 0 Å². The van der Waals surface area contributed by atoms with E-state index in [0.29, 0.717) is 5.88 Å². The smallest absolute Gasteiger partial charge is 0.0494 e. The molecule has 0 aromatic heterocycles. The maximum atomic E-state index is 6.05. The van der Waals surface area contributed by atoms with E-state index in [1.54, 1.807) is 0 Å².